The van der Waals surface area contributed by atoms with Crippen LogP contribution in [0.2, 0.25) is 0 Å². The van der Waals surface area contributed by atoms with Crippen LogP contribution in [0.15, 0.2) is 0 Å². The molecule has 0 radical (unpaired) electrons. The standard InChI is InChI=1S/C9H18OS/c1-8(10)4-5-9-3-2-6-11-7-9/h8-10H,2-7H2,1H3/t8-,9?/m0/s1. The Bertz CT molecular complexity index is 97.7. The second-order valence-electron chi connectivity index (χ2n) is 3.51. The average molecular weight is 174 g/mol. The van der Waals surface area contributed by atoms with E-state index in [1.54, 1.807) is 0 Å². The Morgan fingerprint density at radius 1 is 1.64 bits per heavy atom. The molecule has 1 rings (SSSR count). The zero-order valence-corrected chi connectivity index (χ0v) is 8.07. The van der Waals surface area contributed by atoms with E-state index in [0.29, 0.717) is 0 Å². The van der Waals surface area contributed by atoms with Gasteiger partial charge in [-0.2, -0.15) is 11.8 Å². The largest absolute Gasteiger partial charge is 0.393 e. The summed E-state index contributed by atoms with van der Waals surface area (Å²) in [5, 5.41) is 9.08. The summed E-state index contributed by atoms with van der Waals surface area (Å²) in [6.45, 7) is 1.88. The number of thioether (sulfide) groups is 1. The molecule has 1 saturated heterocycles. The van der Waals surface area contributed by atoms with Crippen LogP contribution in [0.3, 0.4) is 0 Å². The maximum atomic E-state index is 9.08. The van der Waals surface area contributed by atoms with Gasteiger partial charge in [0.2, 0.25) is 0 Å². The summed E-state index contributed by atoms with van der Waals surface area (Å²) in [5.74, 6) is 3.57. The molecule has 0 aliphatic carbocycles. The number of rotatable bonds is 3. The first-order chi connectivity index (χ1) is 5.29. The van der Waals surface area contributed by atoms with E-state index in [-0.39, 0.29) is 6.10 Å². The molecule has 0 saturated carbocycles. The van der Waals surface area contributed by atoms with Crippen molar-refractivity contribution in [3.05, 3.63) is 0 Å². The van der Waals surface area contributed by atoms with Crippen LogP contribution in [0.4, 0.5) is 0 Å². The third-order valence-electron chi connectivity index (χ3n) is 2.25. The van der Waals surface area contributed by atoms with Crippen LogP contribution in [-0.2, 0) is 0 Å². The van der Waals surface area contributed by atoms with Crippen molar-refractivity contribution < 1.29 is 5.11 Å². The Morgan fingerprint density at radius 3 is 3.00 bits per heavy atom. The fourth-order valence-electron chi connectivity index (χ4n) is 1.51. The molecule has 1 aliphatic heterocycles. The van der Waals surface area contributed by atoms with E-state index in [1.165, 1.54) is 30.8 Å². The summed E-state index contributed by atoms with van der Waals surface area (Å²) in [5.41, 5.74) is 0. The minimum atomic E-state index is -0.0954. The molecule has 1 heterocycles. The van der Waals surface area contributed by atoms with Gasteiger partial charge in [-0.05, 0) is 50.0 Å². The predicted molar refractivity (Wildman–Crippen MR) is 51.0 cm³/mol. The normalized spacial score (nSPS) is 28.4. The maximum Gasteiger partial charge on any atom is 0.0512 e. The third-order valence-corrected chi connectivity index (χ3v) is 3.53. The van der Waals surface area contributed by atoms with Crippen LogP contribution in [0.1, 0.15) is 32.6 Å². The van der Waals surface area contributed by atoms with Crippen molar-refractivity contribution in [3.8, 4) is 0 Å². The van der Waals surface area contributed by atoms with Crippen molar-refractivity contribution in [2.24, 2.45) is 5.92 Å². The second kappa shape index (κ2) is 5.04. The molecule has 2 atom stereocenters. The minimum absolute atomic E-state index is 0.0954. The van der Waals surface area contributed by atoms with E-state index in [4.69, 9.17) is 5.11 Å². The van der Waals surface area contributed by atoms with E-state index in [1.807, 2.05) is 6.92 Å². The molecule has 1 unspecified atom stereocenters. The van der Waals surface area contributed by atoms with Crippen LogP contribution in [-0.4, -0.2) is 22.7 Å². The molecule has 0 spiro atoms. The minimum Gasteiger partial charge on any atom is -0.393 e. The van der Waals surface area contributed by atoms with Crippen LogP contribution in [0, 0.1) is 5.92 Å². The molecule has 1 aliphatic rings. The van der Waals surface area contributed by atoms with Gasteiger partial charge in [0, 0.05) is 0 Å². The highest BCUT2D eigenvalue weighted by molar-refractivity contribution is 7.99. The summed E-state index contributed by atoms with van der Waals surface area (Å²) in [7, 11) is 0. The van der Waals surface area contributed by atoms with Crippen LogP contribution in [0.25, 0.3) is 0 Å². The van der Waals surface area contributed by atoms with E-state index < -0.39 is 0 Å². The monoisotopic (exact) mass is 174 g/mol. The molecule has 66 valence electrons. The molecular weight excluding hydrogens is 156 g/mol. The molecule has 0 bridgehead atoms. The van der Waals surface area contributed by atoms with Crippen molar-refractivity contribution in [1.82, 2.24) is 0 Å². The van der Waals surface area contributed by atoms with Crippen molar-refractivity contribution in [1.29, 1.82) is 0 Å². The summed E-state index contributed by atoms with van der Waals surface area (Å²) >= 11 is 2.07. The van der Waals surface area contributed by atoms with Gasteiger partial charge in [-0.25, -0.2) is 0 Å². The molecular formula is C9H18OS. The molecule has 11 heavy (non-hydrogen) atoms. The van der Waals surface area contributed by atoms with Crippen molar-refractivity contribution >= 4 is 11.8 Å². The highest BCUT2D eigenvalue weighted by atomic mass is 32.2. The van der Waals surface area contributed by atoms with Crippen LogP contribution < -0.4 is 0 Å². The van der Waals surface area contributed by atoms with Gasteiger partial charge < -0.3 is 5.11 Å². The summed E-state index contributed by atoms with van der Waals surface area (Å²) in [4.78, 5) is 0. The Labute approximate surface area is 73.6 Å². The number of aliphatic hydroxyl groups is 1. The Balaban J connectivity index is 2.05. The summed E-state index contributed by atoms with van der Waals surface area (Å²) < 4.78 is 0. The molecule has 0 aromatic heterocycles. The molecule has 2 heteroatoms. The topological polar surface area (TPSA) is 20.2 Å². The number of hydrogen-bond donors (Lipinski definition) is 1. The Hall–Kier alpha value is 0.310. The molecule has 0 aromatic rings. The van der Waals surface area contributed by atoms with E-state index in [9.17, 15) is 0 Å². The van der Waals surface area contributed by atoms with Gasteiger partial charge in [0.05, 0.1) is 6.10 Å². The maximum absolute atomic E-state index is 9.08. The first kappa shape index (κ1) is 9.40. The lowest BCUT2D eigenvalue weighted by molar-refractivity contribution is 0.174. The fraction of sp³-hybridized carbons (Fsp3) is 1.00. The number of aliphatic hydroxyl groups excluding tert-OH is 1. The smallest absolute Gasteiger partial charge is 0.0512 e. The number of hydrogen-bond acceptors (Lipinski definition) is 2. The van der Waals surface area contributed by atoms with E-state index in [2.05, 4.69) is 11.8 Å². The van der Waals surface area contributed by atoms with Gasteiger partial charge in [-0.3, -0.25) is 0 Å². The lowest BCUT2D eigenvalue weighted by Gasteiger charge is -2.21. The van der Waals surface area contributed by atoms with Crippen molar-refractivity contribution in [3.63, 3.8) is 0 Å². The zero-order chi connectivity index (χ0) is 8.10. The third kappa shape index (κ3) is 4.02. The van der Waals surface area contributed by atoms with Crippen molar-refractivity contribution in [2.75, 3.05) is 11.5 Å². The highest BCUT2D eigenvalue weighted by Gasteiger charge is 2.13. The first-order valence-electron chi connectivity index (χ1n) is 4.55. The summed E-state index contributed by atoms with van der Waals surface area (Å²) in [6, 6.07) is 0. The second-order valence-corrected chi connectivity index (χ2v) is 4.66. The zero-order valence-electron chi connectivity index (χ0n) is 7.25. The molecule has 0 aromatic carbocycles. The highest BCUT2D eigenvalue weighted by Crippen LogP contribution is 2.26. The average Bonchev–Trinajstić information content (AvgIpc) is 2.03. The molecule has 0 amide bonds. The lowest BCUT2D eigenvalue weighted by Crippen LogP contribution is -2.12. The van der Waals surface area contributed by atoms with Gasteiger partial charge in [0.1, 0.15) is 0 Å². The van der Waals surface area contributed by atoms with Crippen LogP contribution in [0.5, 0.6) is 0 Å². The van der Waals surface area contributed by atoms with Crippen molar-refractivity contribution in [2.45, 2.75) is 38.7 Å². The van der Waals surface area contributed by atoms with Gasteiger partial charge in [-0.1, -0.05) is 0 Å². The molecule has 1 nitrogen and oxygen atoms in total. The Kier molecular flexibility index (Phi) is 4.31. The van der Waals surface area contributed by atoms with E-state index >= 15 is 0 Å². The van der Waals surface area contributed by atoms with Gasteiger partial charge >= 0.3 is 0 Å². The molecule has 1 N–H and O–H groups in total. The SMILES string of the molecule is C[C@H](O)CCC1CCCSC1. The predicted octanol–water partition coefficient (Wildman–Crippen LogP) is 2.29. The first-order valence-corrected chi connectivity index (χ1v) is 5.70. The van der Waals surface area contributed by atoms with Gasteiger partial charge in [-0.15, -0.1) is 0 Å². The Morgan fingerprint density at radius 2 is 2.45 bits per heavy atom. The van der Waals surface area contributed by atoms with Crippen LogP contribution >= 0.6 is 11.8 Å². The lowest BCUT2D eigenvalue weighted by atomic mass is 9.98. The van der Waals surface area contributed by atoms with E-state index in [0.717, 1.165) is 12.3 Å². The summed E-state index contributed by atoms with van der Waals surface area (Å²) in [6.07, 6.45) is 4.90. The molecule has 1 fully saturated rings. The quantitative estimate of drug-likeness (QED) is 0.708. The van der Waals surface area contributed by atoms with Gasteiger partial charge in [0.15, 0.2) is 0 Å². The fourth-order valence-corrected chi connectivity index (χ4v) is 2.72. The van der Waals surface area contributed by atoms with Gasteiger partial charge in [0.25, 0.3) is 0 Å².